The molecule has 0 atom stereocenters. The van der Waals surface area contributed by atoms with Crippen LogP contribution >= 0.6 is 23.0 Å². The lowest BCUT2D eigenvalue weighted by Crippen LogP contribution is -2.26. The monoisotopic (exact) mass is 529 g/mol. The lowest BCUT2D eigenvalue weighted by atomic mass is 9.98. The first-order valence-electron chi connectivity index (χ1n) is 11.8. The van der Waals surface area contributed by atoms with Crippen molar-refractivity contribution in [3.05, 3.63) is 74.8 Å². The number of benzene rings is 2. The highest BCUT2D eigenvalue weighted by atomic mass is 35.5. The first-order chi connectivity index (χ1) is 16.8. The molecule has 0 unspecified atom stereocenters. The molecule has 0 spiro atoms. The quantitative estimate of drug-likeness (QED) is 0.366. The summed E-state index contributed by atoms with van der Waals surface area (Å²) in [5, 5.41) is 8.45. The minimum absolute atomic E-state index is 0. The van der Waals surface area contributed by atoms with Crippen molar-refractivity contribution in [3.63, 3.8) is 0 Å². The van der Waals surface area contributed by atoms with Crippen LogP contribution in [0.15, 0.2) is 41.2 Å². The van der Waals surface area contributed by atoms with Gasteiger partial charge in [-0.15, -0.1) is 22.6 Å². The normalized spacial score (nSPS) is 18.2. The fraction of sp³-hybridized carbons (Fsp3) is 0.360. The zero-order chi connectivity index (χ0) is 24.3. The summed E-state index contributed by atoms with van der Waals surface area (Å²) in [7, 11) is -2.46. The largest absolute Gasteiger partial charge is 0.330 e. The highest BCUT2D eigenvalue weighted by Crippen LogP contribution is 2.46. The van der Waals surface area contributed by atoms with E-state index in [0.717, 1.165) is 22.2 Å². The number of carbonyl (C=O) groups is 1. The van der Waals surface area contributed by atoms with Gasteiger partial charge in [0.2, 0.25) is 5.65 Å². The second-order valence-corrected chi connectivity index (χ2v) is 12.1. The second kappa shape index (κ2) is 9.19. The van der Waals surface area contributed by atoms with Gasteiger partial charge in [0.1, 0.15) is 5.82 Å². The van der Waals surface area contributed by atoms with Gasteiger partial charge in [-0.2, -0.15) is 10.6 Å². The summed E-state index contributed by atoms with van der Waals surface area (Å²) in [4.78, 5) is 30.9. The van der Waals surface area contributed by atoms with Crippen molar-refractivity contribution >= 4 is 45.6 Å². The summed E-state index contributed by atoms with van der Waals surface area (Å²) < 4.78 is 21.6. The smallest absolute Gasteiger partial charge is 0.294 e. The lowest BCUT2D eigenvalue weighted by Gasteiger charge is -2.39. The van der Waals surface area contributed by atoms with Crippen molar-refractivity contribution in [2.75, 3.05) is 11.5 Å². The predicted octanol–water partition coefficient (Wildman–Crippen LogP) is 4.16. The van der Waals surface area contributed by atoms with Crippen molar-refractivity contribution in [1.29, 1.82) is 0 Å². The van der Waals surface area contributed by atoms with Crippen LogP contribution in [0.3, 0.4) is 0 Å². The van der Waals surface area contributed by atoms with E-state index in [1.54, 1.807) is 10.5 Å². The Morgan fingerprint density at radius 3 is 2.44 bits per heavy atom. The fourth-order valence-corrected chi connectivity index (χ4v) is 6.93. The number of carbonyl (C=O) groups excluding carboxylic acids is 1. The third-order valence-electron chi connectivity index (χ3n) is 7.30. The number of nitrogens with zero attached hydrogens (tertiary/aromatic N) is 4. The van der Waals surface area contributed by atoms with E-state index in [9.17, 15) is 18.7 Å². The molecule has 0 aliphatic carbocycles. The number of H-pyrrole nitrogens is 1. The number of rotatable bonds is 3. The highest BCUT2D eigenvalue weighted by molar-refractivity contribution is 8.24. The molecule has 6 rings (SSSR count). The van der Waals surface area contributed by atoms with Gasteiger partial charge in [0.05, 0.1) is 11.0 Å². The Morgan fingerprint density at radius 2 is 1.78 bits per heavy atom. The number of nitrogens with one attached hydrogen (secondary N) is 1. The van der Waals surface area contributed by atoms with Crippen molar-refractivity contribution in [3.8, 4) is 0 Å². The van der Waals surface area contributed by atoms with Crippen LogP contribution in [0, 0.1) is 12.8 Å². The minimum atomic E-state index is -2.46. The van der Waals surface area contributed by atoms with Crippen molar-refractivity contribution in [2.24, 2.45) is 5.92 Å². The van der Waals surface area contributed by atoms with Gasteiger partial charge in [-0.25, -0.2) is 0 Å². The zero-order valence-corrected chi connectivity index (χ0v) is 21.4. The van der Waals surface area contributed by atoms with Crippen molar-refractivity contribution < 1.29 is 13.9 Å². The molecule has 4 aromatic rings. The van der Waals surface area contributed by atoms with Crippen LogP contribution in [-0.2, 0) is 19.5 Å². The summed E-state index contributed by atoms with van der Waals surface area (Å²) >= 11 is 0. The molecule has 9 nitrogen and oxygen atoms in total. The molecule has 11 heteroatoms. The van der Waals surface area contributed by atoms with Gasteiger partial charge in [0, 0.05) is 36.6 Å². The van der Waals surface area contributed by atoms with Crippen LogP contribution in [0.25, 0.3) is 16.7 Å². The summed E-state index contributed by atoms with van der Waals surface area (Å²) in [6, 6.07) is 11.7. The van der Waals surface area contributed by atoms with E-state index in [0.29, 0.717) is 60.8 Å². The molecule has 1 amide bonds. The Kier molecular flexibility index (Phi) is 6.32. The van der Waals surface area contributed by atoms with Gasteiger partial charge in [-0.3, -0.25) is 23.1 Å². The van der Waals surface area contributed by atoms with Gasteiger partial charge >= 0.3 is 0 Å². The van der Waals surface area contributed by atoms with Gasteiger partial charge in [0.15, 0.2) is 0 Å². The van der Waals surface area contributed by atoms with Crippen LogP contribution in [0.5, 0.6) is 0 Å². The Bertz CT molecular complexity index is 1510. The van der Waals surface area contributed by atoms with Crippen LogP contribution in [0.1, 0.15) is 45.7 Å². The van der Waals surface area contributed by atoms with Crippen molar-refractivity contribution in [2.45, 2.75) is 39.3 Å². The average molecular weight is 530 g/mol. The van der Waals surface area contributed by atoms with E-state index in [1.165, 1.54) is 0 Å². The maximum Gasteiger partial charge on any atom is 0.294 e. The van der Waals surface area contributed by atoms with Crippen molar-refractivity contribution in [1.82, 2.24) is 24.5 Å². The highest BCUT2D eigenvalue weighted by Gasteiger charge is 2.28. The van der Waals surface area contributed by atoms with Crippen LogP contribution in [0.2, 0.25) is 0 Å². The summed E-state index contributed by atoms with van der Waals surface area (Å²) in [5.41, 5.74) is 4.88. The Hall–Kier alpha value is -2.92. The van der Waals surface area contributed by atoms with Gasteiger partial charge in [-0.05, 0) is 54.5 Å². The van der Waals surface area contributed by atoms with E-state index in [2.05, 4.69) is 15.2 Å². The maximum absolute atomic E-state index is 13.4. The van der Waals surface area contributed by atoms with E-state index in [4.69, 9.17) is 0 Å². The summed E-state index contributed by atoms with van der Waals surface area (Å²) in [6.45, 7) is 3.05. The third kappa shape index (κ3) is 4.28. The molecule has 2 aliphatic heterocycles. The SMILES string of the molecule is Cc1cc2c(cc1C(=O)N1Cc3ccccc3C1)[nH]c(=O)c1nnc(CC3CCS(O)(O)CC3)n12.Cl. The van der Waals surface area contributed by atoms with Crippen LogP contribution in [-0.4, -0.2) is 51.0 Å². The standard InChI is InChI=1S/C25H27N5O4S.ClH/c1-15-10-21-20(12-19(15)25(32)29-13-17-4-2-3-5-18(17)14-29)26-24(31)23-28-27-22(30(21)23)11-16-6-8-35(33,34)9-7-16;/h2-5,10,12,16,33-34H,6-9,11,13-14H2,1H3,(H,26,31);1H. The first-order valence-corrected chi connectivity index (χ1v) is 13.7. The molecule has 2 aromatic carbocycles. The molecule has 0 radical (unpaired) electrons. The Morgan fingerprint density at radius 1 is 1.11 bits per heavy atom. The number of aromatic amines is 1. The molecule has 0 saturated carbocycles. The average Bonchev–Trinajstić information content (AvgIpc) is 3.45. The molecule has 2 aliphatic rings. The number of fused-ring (bicyclic) bond motifs is 4. The third-order valence-corrected chi connectivity index (χ3v) is 9.08. The number of hydrogen-bond donors (Lipinski definition) is 3. The molecule has 190 valence electrons. The molecule has 1 saturated heterocycles. The molecule has 0 bridgehead atoms. The Balaban J connectivity index is 0.00000267. The Labute approximate surface area is 215 Å². The number of aryl methyl sites for hydroxylation is 1. The number of hydrogen-bond acceptors (Lipinski definition) is 6. The lowest BCUT2D eigenvalue weighted by molar-refractivity contribution is 0.0751. The van der Waals surface area contributed by atoms with Gasteiger partial charge in [-0.1, -0.05) is 24.3 Å². The maximum atomic E-state index is 13.4. The molecular weight excluding hydrogens is 502 g/mol. The second-order valence-electron chi connectivity index (χ2n) is 9.70. The van der Waals surface area contributed by atoms with E-state index in [1.807, 2.05) is 42.2 Å². The number of aromatic nitrogens is 4. The van der Waals surface area contributed by atoms with E-state index >= 15 is 0 Å². The topological polar surface area (TPSA) is 124 Å². The molecular formula is C25H28ClN5O4S. The van der Waals surface area contributed by atoms with Gasteiger partial charge < -0.3 is 9.88 Å². The molecule has 4 heterocycles. The molecule has 36 heavy (non-hydrogen) atoms. The minimum Gasteiger partial charge on any atom is -0.330 e. The fourth-order valence-electron chi connectivity index (χ4n) is 5.30. The summed E-state index contributed by atoms with van der Waals surface area (Å²) in [6.07, 6.45) is 2.00. The molecule has 3 N–H and O–H groups in total. The van der Waals surface area contributed by atoms with Crippen LogP contribution in [0.4, 0.5) is 0 Å². The molecule has 2 aromatic heterocycles. The van der Waals surface area contributed by atoms with E-state index < -0.39 is 10.6 Å². The van der Waals surface area contributed by atoms with E-state index in [-0.39, 0.29) is 35.4 Å². The first kappa shape index (κ1) is 24.8. The molecule has 1 fully saturated rings. The number of halogens is 1. The zero-order valence-electron chi connectivity index (χ0n) is 19.8. The van der Waals surface area contributed by atoms with Crippen LogP contribution < -0.4 is 5.56 Å². The summed E-state index contributed by atoms with van der Waals surface area (Å²) in [5.74, 6) is 1.66. The van der Waals surface area contributed by atoms with Gasteiger partial charge in [0.25, 0.3) is 11.5 Å². The number of amides is 1. The predicted molar refractivity (Wildman–Crippen MR) is 142 cm³/mol.